The predicted octanol–water partition coefficient (Wildman–Crippen LogP) is 4.72. The molecule has 0 radical (unpaired) electrons. The molecule has 1 N–H and O–H groups in total. The number of rotatable bonds is 7. The first kappa shape index (κ1) is 17.6. The standard InChI is InChI=1S/C18H21ClINO/c1-13(10-15-12-17(22-2)6-7-18(15)20)21-9-8-14-4-3-5-16(19)11-14/h3-7,11-13,21H,8-10H2,1-2H3. The monoisotopic (exact) mass is 429 g/mol. The van der Waals surface area contributed by atoms with Crippen LogP contribution in [0.25, 0.3) is 0 Å². The minimum Gasteiger partial charge on any atom is -0.497 e. The van der Waals surface area contributed by atoms with Crippen molar-refractivity contribution in [3.8, 4) is 5.75 Å². The summed E-state index contributed by atoms with van der Waals surface area (Å²) in [6.07, 6.45) is 1.98. The van der Waals surface area contributed by atoms with Crippen molar-refractivity contribution in [2.45, 2.75) is 25.8 Å². The maximum Gasteiger partial charge on any atom is 0.119 e. The quantitative estimate of drug-likeness (QED) is 0.643. The molecular formula is C18H21ClINO. The van der Waals surface area contributed by atoms with E-state index in [4.69, 9.17) is 16.3 Å². The molecule has 2 nitrogen and oxygen atoms in total. The molecule has 1 atom stereocenters. The molecule has 0 aromatic heterocycles. The lowest BCUT2D eigenvalue weighted by atomic mass is 10.1. The fraction of sp³-hybridized carbons (Fsp3) is 0.333. The van der Waals surface area contributed by atoms with Crippen LogP contribution < -0.4 is 10.1 Å². The van der Waals surface area contributed by atoms with Crippen LogP contribution in [0.5, 0.6) is 5.75 Å². The van der Waals surface area contributed by atoms with Crippen LogP contribution in [0.3, 0.4) is 0 Å². The van der Waals surface area contributed by atoms with E-state index in [0.29, 0.717) is 6.04 Å². The van der Waals surface area contributed by atoms with Gasteiger partial charge >= 0.3 is 0 Å². The molecule has 22 heavy (non-hydrogen) atoms. The SMILES string of the molecule is COc1ccc(I)c(CC(C)NCCc2cccc(Cl)c2)c1. The van der Waals surface area contributed by atoms with Crippen LogP contribution >= 0.6 is 34.2 Å². The van der Waals surface area contributed by atoms with Crippen LogP contribution in [0.1, 0.15) is 18.1 Å². The highest BCUT2D eigenvalue weighted by molar-refractivity contribution is 14.1. The molecule has 4 heteroatoms. The molecule has 0 saturated heterocycles. The van der Waals surface area contributed by atoms with E-state index in [9.17, 15) is 0 Å². The van der Waals surface area contributed by atoms with Crippen LogP contribution in [-0.4, -0.2) is 19.7 Å². The Bertz CT molecular complexity index is 618. The third-order valence-electron chi connectivity index (χ3n) is 3.57. The first-order valence-electron chi connectivity index (χ1n) is 7.38. The minimum atomic E-state index is 0.416. The Hall–Kier alpha value is -0.780. The average Bonchev–Trinajstić information content (AvgIpc) is 2.49. The summed E-state index contributed by atoms with van der Waals surface area (Å²) >= 11 is 8.39. The van der Waals surface area contributed by atoms with Crippen LogP contribution in [0.2, 0.25) is 5.02 Å². The highest BCUT2D eigenvalue weighted by atomic mass is 127. The number of nitrogens with one attached hydrogen (secondary N) is 1. The van der Waals surface area contributed by atoms with Crippen molar-refractivity contribution in [2.24, 2.45) is 0 Å². The molecule has 118 valence electrons. The molecule has 0 aliphatic heterocycles. The predicted molar refractivity (Wildman–Crippen MR) is 102 cm³/mol. The van der Waals surface area contributed by atoms with E-state index in [1.807, 2.05) is 24.3 Å². The van der Waals surface area contributed by atoms with Gasteiger partial charge in [0.25, 0.3) is 0 Å². The molecule has 2 rings (SSSR count). The van der Waals surface area contributed by atoms with Crippen molar-refractivity contribution in [2.75, 3.05) is 13.7 Å². The summed E-state index contributed by atoms with van der Waals surface area (Å²) in [5, 5.41) is 4.38. The summed E-state index contributed by atoms with van der Waals surface area (Å²) in [6.45, 7) is 3.16. The van der Waals surface area contributed by atoms with Crippen molar-refractivity contribution in [1.82, 2.24) is 5.32 Å². The fourth-order valence-electron chi connectivity index (χ4n) is 2.39. The second kappa shape index (κ2) is 8.75. The maximum absolute atomic E-state index is 6.01. The summed E-state index contributed by atoms with van der Waals surface area (Å²) < 4.78 is 6.58. The highest BCUT2D eigenvalue weighted by Gasteiger charge is 2.07. The average molecular weight is 430 g/mol. The fourth-order valence-corrected chi connectivity index (χ4v) is 3.16. The number of ether oxygens (including phenoxy) is 1. The number of methoxy groups -OCH3 is 1. The summed E-state index contributed by atoms with van der Waals surface area (Å²) in [4.78, 5) is 0. The Morgan fingerprint density at radius 1 is 1.23 bits per heavy atom. The van der Waals surface area contributed by atoms with Crippen LogP contribution in [-0.2, 0) is 12.8 Å². The van der Waals surface area contributed by atoms with Crippen LogP contribution in [0.15, 0.2) is 42.5 Å². The van der Waals surface area contributed by atoms with Gasteiger partial charge in [0, 0.05) is 14.6 Å². The number of hydrogen-bond acceptors (Lipinski definition) is 2. The van der Waals surface area contributed by atoms with Gasteiger partial charge < -0.3 is 10.1 Å². The molecular weight excluding hydrogens is 409 g/mol. The summed E-state index contributed by atoms with van der Waals surface area (Å²) in [7, 11) is 1.71. The van der Waals surface area contributed by atoms with Crippen LogP contribution in [0, 0.1) is 3.57 Å². The molecule has 0 bridgehead atoms. The zero-order valence-electron chi connectivity index (χ0n) is 12.9. The lowest BCUT2D eigenvalue weighted by molar-refractivity contribution is 0.413. The Morgan fingerprint density at radius 2 is 2.05 bits per heavy atom. The van der Waals surface area contributed by atoms with E-state index in [0.717, 1.165) is 30.2 Å². The molecule has 2 aromatic rings. The van der Waals surface area contributed by atoms with E-state index in [-0.39, 0.29) is 0 Å². The molecule has 0 aliphatic rings. The third-order valence-corrected chi connectivity index (χ3v) is 4.86. The highest BCUT2D eigenvalue weighted by Crippen LogP contribution is 2.20. The van der Waals surface area contributed by atoms with E-state index in [2.05, 4.69) is 53.0 Å². The van der Waals surface area contributed by atoms with E-state index < -0.39 is 0 Å². The van der Waals surface area contributed by atoms with Gasteiger partial charge in [-0.15, -0.1) is 0 Å². The zero-order chi connectivity index (χ0) is 15.9. The summed E-state index contributed by atoms with van der Waals surface area (Å²) in [5.74, 6) is 0.918. The van der Waals surface area contributed by atoms with E-state index >= 15 is 0 Å². The Kier molecular flexibility index (Phi) is 6.99. The maximum atomic E-state index is 6.01. The minimum absolute atomic E-state index is 0.416. The molecule has 2 aromatic carbocycles. The van der Waals surface area contributed by atoms with Gasteiger partial charge in [-0.3, -0.25) is 0 Å². The van der Waals surface area contributed by atoms with Crippen molar-refractivity contribution < 1.29 is 4.74 Å². The molecule has 0 fully saturated rings. The Labute approximate surface area is 151 Å². The smallest absolute Gasteiger partial charge is 0.119 e. The second-order valence-corrected chi connectivity index (χ2v) is 7.00. The Balaban J connectivity index is 1.84. The summed E-state index contributed by atoms with van der Waals surface area (Å²) in [6, 6.07) is 14.7. The van der Waals surface area contributed by atoms with Gasteiger partial charge in [0.15, 0.2) is 0 Å². The largest absolute Gasteiger partial charge is 0.497 e. The molecule has 0 aliphatic carbocycles. The summed E-state index contributed by atoms with van der Waals surface area (Å²) in [5.41, 5.74) is 2.59. The lowest BCUT2D eigenvalue weighted by Crippen LogP contribution is -2.30. The van der Waals surface area contributed by atoms with Crippen molar-refractivity contribution in [3.63, 3.8) is 0 Å². The van der Waals surface area contributed by atoms with Crippen molar-refractivity contribution in [3.05, 3.63) is 62.2 Å². The number of hydrogen-bond donors (Lipinski definition) is 1. The zero-order valence-corrected chi connectivity index (χ0v) is 15.8. The second-order valence-electron chi connectivity index (χ2n) is 5.40. The van der Waals surface area contributed by atoms with Crippen molar-refractivity contribution in [1.29, 1.82) is 0 Å². The van der Waals surface area contributed by atoms with E-state index in [1.54, 1.807) is 7.11 Å². The van der Waals surface area contributed by atoms with Gasteiger partial charge in [-0.2, -0.15) is 0 Å². The molecule has 0 heterocycles. The Morgan fingerprint density at radius 3 is 2.77 bits per heavy atom. The number of halogens is 2. The van der Waals surface area contributed by atoms with Gasteiger partial charge in [0.2, 0.25) is 0 Å². The first-order valence-corrected chi connectivity index (χ1v) is 8.84. The molecule has 0 spiro atoms. The molecule has 1 unspecified atom stereocenters. The van der Waals surface area contributed by atoms with Gasteiger partial charge in [-0.05, 0) is 90.4 Å². The molecule has 0 saturated carbocycles. The van der Waals surface area contributed by atoms with Gasteiger partial charge in [0.1, 0.15) is 5.75 Å². The van der Waals surface area contributed by atoms with E-state index in [1.165, 1.54) is 14.7 Å². The van der Waals surface area contributed by atoms with Crippen LogP contribution in [0.4, 0.5) is 0 Å². The topological polar surface area (TPSA) is 21.3 Å². The first-order chi connectivity index (χ1) is 10.6. The molecule has 0 amide bonds. The third kappa shape index (κ3) is 5.45. The van der Waals surface area contributed by atoms with Crippen molar-refractivity contribution >= 4 is 34.2 Å². The number of benzene rings is 2. The normalized spacial score (nSPS) is 12.2. The lowest BCUT2D eigenvalue weighted by Gasteiger charge is -2.15. The van der Waals surface area contributed by atoms with Gasteiger partial charge in [-0.25, -0.2) is 0 Å². The van der Waals surface area contributed by atoms with Gasteiger partial charge in [-0.1, -0.05) is 23.7 Å². The van der Waals surface area contributed by atoms with Gasteiger partial charge in [0.05, 0.1) is 7.11 Å².